The molecule has 7 nitrogen and oxygen atoms in total. The fourth-order valence-electron chi connectivity index (χ4n) is 1.83. The van der Waals surface area contributed by atoms with E-state index in [0.29, 0.717) is 10.8 Å². The highest BCUT2D eigenvalue weighted by atomic mass is 32.1. The molecule has 0 aliphatic heterocycles. The van der Waals surface area contributed by atoms with Crippen molar-refractivity contribution in [1.29, 1.82) is 5.26 Å². The fraction of sp³-hybridized carbons (Fsp3) is 0.214. The van der Waals surface area contributed by atoms with Crippen molar-refractivity contribution in [1.82, 2.24) is 25.2 Å². The number of aromatic nitrogens is 5. The molecule has 0 aliphatic carbocycles. The Morgan fingerprint density at radius 3 is 2.59 bits per heavy atom. The first-order valence-electron chi connectivity index (χ1n) is 6.52. The Morgan fingerprint density at radius 2 is 1.95 bits per heavy atom. The summed E-state index contributed by atoms with van der Waals surface area (Å²) in [6.45, 7) is 4.04. The van der Waals surface area contributed by atoms with Crippen LogP contribution in [0, 0.1) is 25.2 Å². The molecule has 0 spiro atoms. The normalized spacial score (nSPS) is 10.4. The maximum atomic E-state index is 9.16. The lowest BCUT2D eigenvalue weighted by molar-refractivity contribution is 0.297. The highest BCUT2D eigenvalue weighted by molar-refractivity contribution is 7.13. The van der Waals surface area contributed by atoms with E-state index in [1.807, 2.05) is 44.2 Å². The molecule has 2 aromatic heterocycles. The SMILES string of the molecule is Cc1ccc(OCc2c(C#N)nnn2-c2nnc(C)s2)cc1. The number of benzene rings is 1. The maximum absolute atomic E-state index is 9.16. The van der Waals surface area contributed by atoms with Gasteiger partial charge in [-0.05, 0) is 26.0 Å². The summed E-state index contributed by atoms with van der Waals surface area (Å²) in [5.41, 5.74) is 1.93. The van der Waals surface area contributed by atoms with E-state index in [0.717, 1.165) is 16.3 Å². The lowest BCUT2D eigenvalue weighted by Crippen LogP contribution is -2.07. The van der Waals surface area contributed by atoms with Gasteiger partial charge >= 0.3 is 0 Å². The molecule has 110 valence electrons. The number of ether oxygens (including phenoxy) is 1. The van der Waals surface area contributed by atoms with Crippen LogP contribution in [0.15, 0.2) is 24.3 Å². The second-order valence-electron chi connectivity index (χ2n) is 4.61. The molecule has 0 unspecified atom stereocenters. The van der Waals surface area contributed by atoms with Gasteiger partial charge in [0.05, 0.1) is 0 Å². The van der Waals surface area contributed by atoms with Crippen molar-refractivity contribution in [3.05, 3.63) is 46.2 Å². The molecule has 0 amide bonds. The van der Waals surface area contributed by atoms with Crippen molar-refractivity contribution in [3.8, 4) is 17.0 Å². The van der Waals surface area contributed by atoms with E-state index < -0.39 is 0 Å². The molecule has 0 saturated heterocycles. The largest absolute Gasteiger partial charge is 0.487 e. The van der Waals surface area contributed by atoms with Crippen molar-refractivity contribution in [3.63, 3.8) is 0 Å². The first kappa shape index (κ1) is 14.2. The monoisotopic (exact) mass is 312 g/mol. The summed E-state index contributed by atoms with van der Waals surface area (Å²) >= 11 is 1.38. The molecule has 0 N–H and O–H groups in total. The molecule has 0 radical (unpaired) electrons. The predicted molar refractivity (Wildman–Crippen MR) is 79.8 cm³/mol. The summed E-state index contributed by atoms with van der Waals surface area (Å²) < 4.78 is 7.22. The topological polar surface area (TPSA) is 89.5 Å². The molecule has 3 aromatic rings. The second kappa shape index (κ2) is 5.91. The molecule has 0 aliphatic rings. The Morgan fingerprint density at radius 1 is 1.18 bits per heavy atom. The van der Waals surface area contributed by atoms with Gasteiger partial charge in [-0.25, -0.2) is 0 Å². The van der Waals surface area contributed by atoms with Gasteiger partial charge in [0, 0.05) is 0 Å². The second-order valence-corrected chi connectivity index (χ2v) is 5.77. The van der Waals surface area contributed by atoms with Gasteiger partial charge in [0.2, 0.25) is 5.13 Å². The van der Waals surface area contributed by atoms with Crippen molar-refractivity contribution in [2.75, 3.05) is 0 Å². The maximum Gasteiger partial charge on any atom is 0.234 e. The summed E-state index contributed by atoms with van der Waals surface area (Å²) in [6.07, 6.45) is 0. The molecule has 8 heteroatoms. The van der Waals surface area contributed by atoms with Crippen LogP contribution < -0.4 is 4.74 Å². The third-order valence-corrected chi connectivity index (χ3v) is 3.78. The first-order valence-corrected chi connectivity index (χ1v) is 7.33. The minimum absolute atomic E-state index is 0.178. The van der Waals surface area contributed by atoms with Crippen molar-refractivity contribution in [2.24, 2.45) is 0 Å². The molecular weight excluding hydrogens is 300 g/mol. The molecular formula is C14H12N6OS. The Labute approximate surface area is 130 Å². The number of hydrogen-bond acceptors (Lipinski definition) is 7. The summed E-state index contributed by atoms with van der Waals surface area (Å²) in [7, 11) is 0. The van der Waals surface area contributed by atoms with Crippen molar-refractivity contribution < 1.29 is 4.74 Å². The average molecular weight is 312 g/mol. The van der Waals surface area contributed by atoms with Gasteiger partial charge in [0.25, 0.3) is 0 Å². The molecule has 0 bridgehead atoms. The number of nitrogens with zero attached hydrogens (tertiary/aromatic N) is 6. The zero-order valence-corrected chi connectivity index (χ0v) is 12.8. The molecule has 0 atom stereocenters. The van der Waals surface area contributed by atoms with E-state index in [4.69, 9.17) is 10.00 Å². The quantitative estimate of drug-likeness (QED) is 0.733. The number of aryl methyl sites for hydroxylation is 2. The zero-order valence-electron chi connectivity index (χ0n) is 12.0. The van der Waals surface area contributed by atoms with Gasteiger partial charge in [-0.15, -0.1) is 15.3 Å². The molecule has 1 aromatic carbocycles. The lowest BCUT2D eigenvalue weighted by atomic mass is 10.2. The Kier molecular flexibility index (Phi) is 3.80. The predicted octanol–water partition coefficient (Wildman–Crippen LogP) is 2.19. The summed E-state index contributed by atoms with van der Waals surface area (Å²) in [6, 6.07) is 9.70. The van der Waals surface area contributed by atoms with Gasteiger partial charge < -0.3 is 4.74 Å². The van der Waals surface area contributed by atoms with Gasteiger partial charge in [0.15, 0.2) is 5.69 Å². The summed E-state index contributed by atoms with van der Waals surface area (Å²) in [5.74, 6) is 0.718. The van der Waals surface area contributed by atoms with E-state index in [9.17, 15) is 0 Å². The number of hydrogen-bond donors (Lipinski definition) is 0. The average Bonchev–Trinajstić information content (AvgIpc) is 3.12. The van der Waals surface area contributed by atoms with Crippen LogP contribution in [0.2, 0.25) is 0 Å². The molecule has 22 heavy (non-hydrogen) atoms. The minimum atomic E-state index is 0.178. The summed E-state index contributed by atoms with van der Waals surface area (Å²) in [5, 5.41) is 26.3. The third-order valence-electron chi connectivity index (χ3n) is 2.96. The molecule has 0 saturated carbocycles. The summed E-state index contributed by atoms with van der Waals surface area (Å²) in [4.78, 5) is 0. The highest BCUT2D eigenvalue weighted by Gasteiger charge is 2.17. The Hall–Kier alpha value is -2.79. The van der Waals surface area contributed by atoms with Gasteiger partial charge in [0.1, 0.15) is 29.1 Å². The van der Waals surface area contributed by atoms with E-state index in [1.165, 1.54) is 16.0 Å². The minimum Gasteiger partial charge on any atom is -0.487 e. The van der Waals surface area contributed by atoms with Gasteiger partial charge in [-0.1, -0.05) is 34.2 Å². The van der Waals surface area contributed by atoms with Crippen LogP contribution in [0.3, 0.4) is 0 Å². The number of nitriles is 1. The van der Waals surface area contributed by atoms with Gasteiger partial charge in [-0.2, -0.15) is 9.94 Å². The fourth-order valence-corrected chi connectivity index (χ4v) is 2.49. The van der Waals surface area contributed by atoms with E-state index in [1.54, 1.807) is 0 Å². The molecule has 3 rings (SSSR count). The van der Waals surface area contributed by atoms with Crippen molar-refractivity contribution >= 4 is 11.3 Å². The van der Waals surface area contributed by atoms with Crippen LogP contribution in [-0.2, 0) is 6.61 Å². The Bertz CT molecular complexity index is 830. The highest BCUT2D eigenvalue weighted by Crippen LogP contribution is 2.19. The molecule has 2 heterocycles. The van der Waals surface area contributed by atoms with Crippen LogP contribution in [0.25, 0.3) is 5.13 Å². The van der Waals surface area contributed by atoms with Gasteiger partial charge in [-0.3, -0.25) is 0 Å². The molecule has 0 fully saturated rings. The van der Waals surface area contributed by atoms with Crippen LogP contribution in [0.1, 0.15) is 22.0 Å². The van der Waals surface area contributed by atoms with Crippen LogP contribution in [-0.4, -0.2) is 25.2 Å². The lowest BCUT2D eigenvalue weighted by Gasteiger charge is -2.07. The zero-order chi connectivity index (χ0) is 15.5. The number of rotatable bonds is 4. The van der Waals surface area contributed by atoms with Crippen molar-refractivity contribution in [2.45, 2.75) is 20.5 Å². The standard InChI is InChI=1S/C14H12N6OS/c1-9-3-5-11(6-4-9)21-8-13-12(7-15)17-19-20(13)14-18-16-10(2)22-14/h3-6H,8H2,1-2H3. The first-order chi connectivity index (χ1) is 10.7. The Balaban J connectivity index is 1.87. The van der Waals surface area contributed by atoms with E-state index in [2.05, 4.69) is 20.5 Å². The van der Waals surface area contributed by atoms with E-state index in [-0.39, 0.29) is 12.3 Å². The van der Waals surface area contributed by atoms with E-state index >= 15 is 0 Å². The third kappa shape index (κ3) is 2.80. The van der Waals surface area contributed by atoms with Crippen LogP contribution in [0.5, 0.6) is 5.75 Å². The van der Waals surface area contributed by atoms with Crippen LogP contribution in [0.4, 0.5) is 0 Å². The van der Waals surface area contributed by atoms with Crippen LogP contribution >= 0.6 is 11.3 Å². The smallest absolute Gasteiger partial charge is 0.234 e.